The number of hydrogen-bond acceptors (Lipinski definition) is 4. The predicted molar refractivity (Wildman–Crippen MR) is 59.2 cm³/mol. The lowest BCUT2D eigenvalue weighted by Gasteiger charge is -2.05. The summed E-state index contributed by atoms with van der Waals surface area (Å²) in [6.45, 7) is 1.50. The molecule has 0 bridgehead atoms. The smallest absolute Gasteiger partial charge is 0.282 e. The summed E-state index contributed by atoms with van der Waals surface area (Å²) >= 11 is 0.309. The lowest BCUT2D eigenvalue weighted by atomic mass is 10.4. The van der Waals surface area contributed by atoms with E-state index in [9.17, 15) is 17.2 Å². The van der Waals surface area contributed by atoms with Gasteiger partial charge < -0.3 is 0 Å². The van der Waals surface area contributed by atoms with Crippen LogP contribution in [0, 0.1) is 0 Å². The first-order valence-electron chi connectivity index (χ1n) is 4.34. The molecule has 0 radical (unpaired) electrons. The van der Waals surface area contributed by atoms with Gasteiger partial charge in [-0.2, -0.15) is 8.78 Å². The van der Waals surface area contributed by atoms with E-state index in [4.69, 9.17) is 0 Å². The summed E-state index contributed by atoms with van der Waals surface area (Å²) in [5.41, 5.74) is 0.264. The van der Waals surface area contributed by atoms with Crippen LogP contribution >= 0.6 is 11.8 Å². The summed E-state index contributed by atoms with van der Waals surface area (Å²) in [4.78, 5) is 3.69. The number of sulfonamides is 1. The topological polar surface area (TPSA) is 59.1 Å². The highest BCUT2D eigenvalue weighted by Crippen LogP contribution is 2.23. The van der Waals surface area contributed by atoms with Crippen LogP contribution in [0.2, 0.25) is 0 Å². The number of alkyl halides is 2. The molecule has 16 heavy (non-hydrogen) atoms. The molecule has 0 aromatic carbocycles. The number of nitrogens with one attached hydrogen (secondary N) is 1. The molecule has 1 aromatic rings. The summed E-state index contributed by atoms with van der Waals surface area (Å²) in [5.74, 6) is -2.59. The first-order valence-corrected chi connectivity index (χ1v) is 6.87. The highest BCUT2D eigenvalue weighted by atomic mass is 32.2. The van der Waals surface area contributed by atoms with Crippen molar-refractivity contribution >= 4 is 27.5 Å². The third-order valence-corrected chi connectivity index (χ3v) is 3.57. The molecule has 0 aliphatic rings. The van der Waals surface area contributed by atoms with Crippen LogP contribution in [0.3, 0.4) is 0 Å². The first-order chi connectivity index (χ1) is 7.43. The highest BCUT2D eigenvalue weighted by molar-refractivity contribution is 7.99. The van der Waals surface area contributed by atoms with Gasteiger partial charge in [0, 0.05) is 0 Å². The van der Waals surface area contributed by atoms with E-state index in [1.807, 2.05) is 0 Å². The van der Waals surface area contributed by atoms with Gasteiger partial charge in [-0.3, -0.25) is 4.72 Å². The van der Waals surface area contributed by atoms with Gasteiger partial charge >= 0.3 is 0 Å². The van der Waals surface area contributed by atoms with Crippen LogP contribution < -0.4 is 4.72 Å². The van der Waals surface area contributed by atoms with Crippen molar-refractivity contribution in [2.24, 2.45) is 0 Å². The molecule has 8 heteroatoms. The fraction of sp³-hybridized carbons (Fsp3) is 0.375. The molecule has 0 saturated carbocycles. The van der Waals surface area contributed by atoms with Crippen LogP contribution in [0.5, 0.6) is 0 Å². The highest BCUT2D eigenvalue weighted by Gasteiger charge is 2.09. The lowest BCUT2D eigenvalue weighted by Crippen LogP contribution is -2.14. The summed E-state index contributed by atoms with van der Waals surface area (Å²) in [5, 5.41) is 0.148. The third kappa shape index (κ3) is 4.31. The standard InChI is InChI=1S/C8H10F2N2O2S2/c1-2-16(13,14)12-6-3-4-7(11-5-6)15-8(9)10/h3-5,8,12H,2H2,1H3. The van der Waals surface area contributed by atoms with E-state index in [2.05, 4.69) is 9.71 Å². The Kier molecular flexibility index (Phi) is 4.48. The fourth-order valence-corrected chi connectivity index (χ4v) is 1.92. The summed E-state index contributed by atoms with van der Waals surface area (Å²) < 4.78 is 48.5. The predicted octanol–water partition coefficient (Wildman–Crippen LogP) is 2.16. The zero-order chi connectivity index (χ0) is 12.2. The Morgan fingerprint density at radius 2 is 2.19 bits per heavy atom. The molecule has 90 valence electrons. The quantitative estimate of drug-likeness (QED) is 0.831. The van der Waals surface area contributed by atoms with Crippen molar-refractivity contribution < 1.29 is 17.2 Å². The molecule has 1 N–H and O–H groups in total. The monoisotopic (exact) mass is 268 g/mol. The Labute approximate surface area is 96.5 Å². The van der Waals surface area contributed by atoms with Gasteiger partial charge in [0.2, 0.25) is 10.0 Å². The van der Waals surface area contributed by atoms with Gasteiger partial charge in [-0.05, 0) is 30.8 Å². The molecule has 0 spiro atoms. The van der Waals surface area contributed by atoms with E-state index in [-0.39, 0.29) is 16.5 Å². The Morgan fingerprint density at radius 3 is 2.62 bits per heavy atom. The second kappa shape index (κ2) is 5.44. The number of pyridine rings is 1. The normalized spacial score (nSPS) is 11.8. The number of anilines is 1. The molecule has 1 rings (SSSR count). The van der Waals surface area contributed by atoms with Gasteiger partial charge in [-0.25, -0.2) is 13.4 Å². The zero-order valence-corrected chi connectivity index (χ0v) is 9.99. The van der Waals surface area contributed by atoms with Gasteiger partial charge in [-0.15, -0.1) is 0 Å². The average molecular weight is 268 g/mol. The van der Waals surface area contributed by atoms with E-state index in [1.54, 1.807) is 0 Å². The molecule has 0 atom stereocenters. The van der Waals surface area contributed by atoms with Gasteiger partial charge in [0.05, 0.1) is 17.6 Å². The Hall–Kier alpha value is -0.890. The van der Waals surface area contributed by atoms with Gasteiger partial charge in [-0.1, -0.05) is 0 Å². The number of hydrogen-bond donors (Lipinski definition) is 1. The minimum Gasteiger partial charge on any atom is -0.282 e. The molecule has 4 nitrogen and oxygen atoms in total. The number of nitrogens with zero attached hydrogens (tertiary/aromatic N) is 1. The van der Waals surface area contributed by atoms with Crippen LogP contribution in [-0.4, -0.2) is 24.9 Å². The minimum absolute atomic E-state index is 0.0550. The Balaban J connectivity index is 2.72. The fourth-order valence-electron chi connectivity index (χ4n) is 0.853. The minimum atomic E-state index is -3.35. The average Bonchev–Trinajstić information content (AvgIpc) is 2.20. The second-order valence-corrected chi connectivity index (χ2v) is 5.79. The van der Waals surface area contributed by atoms with Crippen molar-refractivity contribution in [2.45, 2.75) is 17.7 Å². The molecule has 1 heterocycles. The number of aromatic nitrogens is 1. The summed E-state index contributed by atoms with van der Waals surface area (Å²) in [7, 11) is -3.35. The number of thioether (sulfide) groups is 1. The molecule has 0 unspecified atom stereocenters. The molecule has 0 fully saturated rings. The first kappa shape index (κ1) is 13.2. The third-order valence-electron chi connectivity index (χ3n) is 1.60. The summed E-state index contributed by atoms with van der Waals surface area (Å²) in [6, 6.07) is 2.73. The van der Waals surface area contributed by atoms with Crippen LogP contribution in [0.15, 0.2) is 23.4 Å². The van der Waals surface area contributed by atoms with Crippen LogP contribution in [0.1, 0.15) is 6.92 Å². The maximum Gasteiger partial charge on any atom is 0.290 e. The van der Waals surface area contributed by atoms with Gasteiger partial charge in [0.15, 0.2) is 0 Å². The maximum absolute atomic E-state index is 12.0. The second-order valence-electron chi connectivity index (χ2n) is 2.77. The van der Waals surface area contributed by atoms with E-state index in [0.29, 0.717) is 11.8 Å². The van der Waals surface area contributed by atoms with Crippen LogP contribution in [0.4, 0.5) is 14.5 Å². The van der Waals surface area contributed by atoms with E-state index in [0.717, 1.165) is 0 Å². The maximum atomic E-state index is 12.0. The van der Waals surface area contributed by atoms with E-state index < -0.39 is 15.8 Å². The molecule has 0 aliphatic carbocycles. The van der Waals surface area contributed by atoms with E-state index >= 15 is 0 Å². The molecular weight excluding hydrogens is 258 g/mol. The van der Waals surface area contributed by atoms with Crippen molar-refractivity contribution in [2.75, 3.05) is 10.5 Å². The van der Waals surface area contributed by atoms with Crippen molar-refractivity contribution in [3.63, 3.8) is 0 Å². The molecule has 0 aliphatic heterocycles. The molecule has 0 saturated heterocycles. The van der Waals surface area contributed by atoms with Crippen molar-refractivity contribution in [3.05, 3.63) is 18.3 Å². The zero-order valence-electron chi connectivity index (χ0n) is 8.35. The largest absolute Gasteiger partial charge is 0.290 e. The molecule has 1 aromatic heterocycles. The Bertz CT molecular complexity index is 434. The van der Waals surface area contributed by atoms with Crippen molar-refractivity contribution in [1.29, 1.82) is 0 Å². The SMILES string of the molecule is CCS(=O)(=O)Nc1ccc(SC(F)F)nc1. The van der Waals surface area contributed by atoms with Gasteiger partial charge in [0.1, 0.15) is 5.03 Å². The number of rotatable bonds is 5. The number of halogens is 2. The van der Waals surface area contributed by atoms with Crippen molar-refractivity contribution in [1.82, 2.24) is 4.98 Å². The summed E-state index contributed by atoms with van der Waals surface area (Å²) in [6.07, 6.45) is 1.21. The van der Waals surface area contributed by atoms with Crippen molar-refractivity contribution in [3.8, 4) is 0 Å². The molecular formula is C8H10F2N2O2S2. The lowest BCUT2D eigenvalue weighted by molar-refractivity contribution is 0.252. The Morgan fingerprint density at radius 1 is 1.50 bits per heavy atom. The van der Waals surface area contributed by atoms with E-state index in [1.165, 1.54) is 25.3 Å². The van der Waals surface area contributed by atoms with Gasteiger partial charge in [0.25, 0.3) is 5.76 Å². The van der Waals surface area contributed by atoms with Crippen LogP contribution in [-0.2, 0) is 10.0 Å². The molecule has 0 amide bonds. The van der Waals surface area contributed by atoms with Crippen LogP contribution in [0.25, 0.3) is 0 Å².